The normalized spacial score (nSPS) is 15.7. The average molecular weight is 435 g/mol. The third-order valence-electron chi connectivity index (χ3n) is 4.70. The largest absolute Gasteiger partial charge is 0.493 e. The second kappa shape index (κ2) is 11.2. The van der Waals surface area contributed by atoms with Gasteiger partial charge in [0.05, 0.1) is 36.9 Å². The van der Waals surface area contributed by atoms with Crippen LogP contribution in [0, 0.1) is 10.1 Å². The highest BCUT2D eigenvalue weighted by Gasteiger charge is 2.35. The van der Waals surface area contributed by atoms with Crippen molar-refractivity contribution in [3.8, 4) is 11.5 Å². The van der Waals surface area contributed by atoms with Gasteiger partial charge in [0.25, 0.3) is 0 Å². The maximum absolute atomic E-state index is 12.7. The third-order valence-corrected chi connectivity index (χ3v) is 4.70. The molecule has 0 aromatic heterocycles. The zero-order chi connectivity index (χ0) is 23.0. The first kappa shape index (κ1) is 24.0. The molecule has 10 nitrogen and oxygen atoms in total. The summed E-state index contributed by atoms with van der Waals surface area (Å²) in [6.07, 6.45) is 2.71. The van der Waals surface area contributed by atoms with Crippen molar-refractivity contribution in [2.45, 2.75) is 52.5 Å². The van der Waals surface area contributed by atoms with Crippen LogP contribution in [0.2, 0.25) is 0 Å². The molecular weight excluding hydrogens is 406 g/mol. The number of methoxy groups -OCH3 is 1. The van der Waals surface area contributed by atoms with Crippen molar-refractivity contribution in [2.24, 2.45) is 0 Å². The van der Waals surface area contributed by atoms with Crippen molar-refractivity contribution < 1.29 is 28.7 Å². The van der Waals surface area contributed by atoms with Gasteiger partial charge in [0, 0.05) is 11.8 Å². The number of ether oxygens (including phenoxy) is 3. The van der Waals surface area contributed by atoms with E-state index in [1.807, 2.05) is 13.8 Å². The highest BCUT2D eigenvalue weighted by Crippen LogP contribution is 2.42. The summed E-state index contributed by atoms with van der Waals surface area (Å²) in [5.41, 5.74) is 0.648. The molecule has 1 aromatic rings. The number of hydrogen-bond acceptors (Lipinski definition) is 7. The summed E-state index contributed by atoms with van der Waals surface area (Å²) in [7, 11) is 1.38. The molecule has 31 heavy (non-hydrogen) atoms. The summed E-state index contributed by atoms with van der Waals surface area (Å²) < 4.78 is 16.2. The molecule has 1 heterocycles. The molecule has 2 rings (SSSR count). The molecule has 0 fully saturated rings. The van der Waals surface area contributed by atoms with Crippen molar-refractivity contribution in [3.63, 3.8) is 0 Å². The molecule has 10 heteroatoms. The Hall–Kier alpha value is -3.30. The second-order valence-electron chi connectivity index (χ2n) is 6.92. The van der Waals surface area contributed by atoms with Crippen molar-refractivity contribution in [2.75, 3.05) is 20.3 Å². The molecular formula is C21H29N3O7. The van der Waals surface area contributed by atoms with E-state index >= 15 is 0 Å². The summed E-state index contributed by atoms with van der Waals surface area (Å²) in [5, 5.41) is 17.1. The minimum atomic E-state index is -0.938. The van der Waals surface area contributed by atoms with E-state index in [9.17, 15) is 19.7 Å². The minimum Gasteiger partial charge on any atom is -0.493 e. The zero-order valence-corrected chi connectivity index (χ0v) is 18.3. The van der Waals surface area contributed by atoms with Gasteiger partial charge in [0.15, 0.2) is 5.75 Å². The first-order valence-corrected chi connectivity index (χ1v) is 10.3. The van der Waals surface area contributed by atoms with E-state index in [1.165, 1.54) is 19.2 Å². The van der Waals surface area contributed by atoms with Crippen LogP contribution in [-0.2, 0) is 9.53 Å². The lowest BCUT2D eigenvalue weighted by Gasteiger charge is -2.29. The highest BCUT2D eigenvalue weighted by atomic mass is 16.6. The topological polar surface area (TPSA) is 129 Å². The lowest BCUT2D eigenvalue weighted by Crippen LogP contribution is -2.46. The van der Waals surface area contributed by atoms with Crippen molar-refractivity contribution in [1.29, 1.82) is 0 Å². The molecule has 0 radical (unpaired) electrons. The van der Waals surface area contributed by atoms with Crippen LogP contribution in [0.5, 0.6) is 11.5 Å². The first-order valence-electron chi connectivity index (χ1n) is 10.3. The number of carbonyl (C=O) groups excluding carboxylic acids is 2. The van der Waals surface area contributed by atoms with Crippen LogP contribution in [0.3, 0.4) is 0 Å². The fourth-order valence-electron chi connectivity index (χ4n) is 3.29. The molecule has 0 spiro atoms. The molecule has 0 aliphatic carbocycles. The molecule has 1 atom stereocenters. The van der Waals surface area contributed by atoms with E-state index in [2.05, 4.69) is 10.6 Å². The second-order valence-corrected chi connectivity index (χ2v) is 6.92. The monoisotopic (exact) mass is 435 g/mol. The van der Waals surface area contributed by atoms with Crippen LogP contribution in [0.1, 0.15) is 58.1 Å². The van der Waals surface area contributed by atoms with Crippen LogP contribution in [0.25, 0.3) is 0 Å². The Morgan fingerprint density at radius 2 is 1.97 bits per heavy atom. The molecule has 170 valence electrons. The predicted octanol–water partition coefficient (Wildman–Crippen LogP) is 3.75. The molecule has 0 saturated heterocycles. The Labute approximate surface area is 181 Å². The number of amides is 2. The van der Waals surface area contributed by atoms with E-state index < -0.39 is 23.0 Å². The van der Waals surface area contributed by atoms with Gasteiger partial charge in [-0.05, 0) is 31.4 Å². The van der Waals surface area contributed by atoms with Gasteiger partial charge >= 0.3 is 17.7 Å². The maximum atomic E-state index is 12.7. The van der Waals surface area contributed by atoms with Crippen LogP contribution < -0.4 is 20.1 Å². The Bertz CT molecular complexity index is 867. The predicted molar refractivity (Wildman–Crippen MR) is 113 cm³/mol. The number of unbranched alkanes of at least 4 members (excludes halogenated alkanes) is 1. The molecule has 1 unspecified atom stereocenters. The maximum Gasteiger partial charge on any atom is 0.338 e. The van der Waals surface area contributed by atoms with Gasteiger partial charge in [-0.25, -0.2) is 9.59 Å². The van der Waals surface area contributed by atoms with E-state index in [4.69, 9.17) is 14.2 Å². The van der Waals surface area contributed by atoms with Crippen LogP contribution in [-0.4, -0.2) is 37.2 Å². The lowest BCUT2D eigenvalue weighted by molar-refractivity contribution is -0.386. The van der Waals surface area contributed by atoms with Crippen molar-refractivity contribution in [3.05, 3.63) is 39.1 Å². The van der Waals surface area contributed by atoms with Gasteiger partial charge in [-0.15, -0.1) is 0 Å². The number of rotatable bonds is 11. The highest BCUT2D eigenvalue weighted by molar-refractivity contribution is 5.95. The number of esters is 1. The molecule has 0 bridgehead atoms. The molecule has 1 aliphatic rings. The molecule has 0 saturated carbocycles. The smallest absolute Gasteiger partial charge is 0.338 e. The number of benzene rings is 1. The SMILES string of the molecule is CCCCOc1c(OC)cc(C2NC(=O)NC(CCC)=C2C(=O)OCC)cc1[N+](=O)[O-]. The standard InChI is InChI=1S/C21H29N3O7/c1-5-8-10-31-19-15(24(27)28)11-13(12-16(19)29-4)18-17(20(25)30-7-3)14(9-6-2)22-21(26)23-18/h11-12,18H,5-10H2,1-4H3,(H2,22,23,26). The van der Waals surface area contributed by atoms with E-state index in [0.717, 1.165) is 12.8 Å². The van der Waals surface area contributed by atoms with Gasteiger partial charge in [0.1, 0.15) is 0 Å². The average Bonchev–Trinajstić information content (AvgIpc) is 2.73. The number of nitro benzene ring substituents is 1. The minimum absolute atomic E-state index is 0.0143. The fraction of sp³-hybridized carbons (Fsp3) is 0.524. The number of nitrogens with zero attached hydrogens (tertiary/aromatic N) is 1. The van der Waals surface area contributed by atoms with Crippen LogP contribution >= 0.6 is 0 Å². The summed E-state index contributed by atoms with van der Waals surface area (Å²) in [5.74, 6) is -0.443. The number of nitrogens with one attached hydrogen (secondary N) is 2. The first-order chi connectivity index (χ1) is 14.9. The number of carbonyl (C=O) groups is 2. The Morgan fingerprint density at radius 1 is 1.23 bits per heavy atom. The Morgan fingerprint density at radius 3 is 2.55 bits per heavy atom. The number of urea groups is 1. The quantitative estimate of drug-likeness (QED) is 0.234. The van der Waals surface area contributed by atoms with E-state index in [-0.39, 0.29) is 29.4 Å². The summed E-state index contributed by atoms with van der Waals surface area (Å²) >= 11 is 0. The van der Waals surface area contributed by atoms with E-state index in [0.29, 0.717) is 30.7 Å². The zero-order valence-electron chi connectivity index (χ0n) is 18.3. The van der Waals surface area contributed by atoms with Gasteiger partial charge in [0.2, 0.25) is 5.75 Å². The Kier molecular flexibility index (Phi) is 8.65. The number of hydrogen-bond donors (Lipinski definition) is 2. The number of nitro groups is 1. The van der Waals surface area contributed by atoms with Crippen molar-refractivity contribution in [1.82, 2.24) is 10.6 Å². The Balaban J connectivity index is 2.63. The molecule has 1 aromatic carbocycles. The lowest BCUT2D eigenvalue weighted by atomic mass is 9.93. The van der Waals surface area contributed by atoms with Gasteiger partial charge < -0.3 is 24.8 Å². The number of allylic oxidation sites excluding steroid dienone is 1. The molecule has 2 amide bonds. The van der Waals surface area contributed by atoms with Crippen molar-refractivity contribution >= 4 is 17.7 Å². The summed E-state index contributed by atoms with van der Waals surface area (Å²) in [6, 6.07) is 1.38. The molecule has 2 N–H and O–H groups in total. The summed E-state index contributed by atoms with van der Waals surface area (Å²) in [6.45, 7) is 6.02. The van der Waals surface area contributed by atoms with E-state index in [1.54, 1.807) is 6.92 Å². The van der Waals surface area contributed by atoms with Gasteiger partial charge in [-0.3, -0.25) is 10.1 Å². The molecule has 1 aliphatic heterocycles. The van der Waals surface area contributed by atoms with Crippen LogP contribution in [0.15, 0.2) is 23.4 Å². The fourth-order valence-corrected chi connectivity index (χ4v) is 3.29. The summed E-state index contributed by atoms with van der Waals surface area (Å²) in [4.78, 5) is 36.2. The van der Waals surface area contributed by atoms with Gasteiger partial charge in [-0.2, -0.15) is 0 Å². The van der Waals surface area contributed by atoms with Crippen LogP contribution in [0.4, 0.5) is 10.5 Å². The third kappa shape index (κ3) is 5.65. The van der Waals surface area contributed by atoms with Gasteiger partial charge in [-0.1, -0.05) is 26.7 Å².